The lowest BCUT2D eigenvalue weighted by molar-refractivity contribution is 0.0601. The summed E-state index contributed by atoms with van der Waals surface area (Å²) >= 11 is 6.73. The van der Waals surface area contributed by atoms with E-state index in [0.29, 0.717) is 22.4 Å². The Morgan fingerprint density at radius 1 is 1.25 bits per heavy atom. The van der Waals surface area contributed by atoms with Crippen molar-refractivity contribution in [3.8, 4) is 0 Å². The lowest BCUT2D eigenvalue weighted by Gasteiger charge is -2.07. The minimum atomic E-state index is -0.361. The lowest BCUT2D eigenvalue weighted by Crippen LogP contribution is -2.27. The normalized spacial score (nSPS) is 10.4. The van der Waals surface area contributed by atoms with E-state index >= 15 is 0 Å². The number of fused-ring (bicyclic) bond motifs is 1. The second-order valence-corrected chi connectivity index (χ2v) is 6.43. The van der Waals surface area contributed by atoms with Gasteiger partial charge in [0.25, 0.3) is 0 Å². The Kier molecular flexibility index (Phi) is 5.02. The fourth-order valence-electron chi connectivity index (χ4n) is 2.14. The van der Waals surface area contributed by atoms with Gasteiger partial charge in [-0.05, 0) is 36.0 Å². The molecule has 1 aromatic heterocycles. The van der Waals surface area contributed by atoms with Crippen molar-refractivity contribution in [1.82, 2.24) is 10.3 Å². The molecule has 0 saturated carbocycles. The van der Waals surface area contributed by atoms with Gasteiger partial charge in [0, 0.05) is 6.54 Å². The van der Waals surface area contributed by atoms with Gasteiger partial charge in [0.05, 0.1) is 22.9 Å². The molecule has 0 amide bonds. The van der Waals surface area contributed by atoms with Crippen LogP contribution < -0.4 is 10.6 Å². The van der Waals surface area contributed by atoms with Crippen molar-refractivity contribution in [2.24, 2.45) is 0 Å². The van der Waals surface area contributed by atoms with Crippen molar-refractivity contribution in [3.05, 3.63) is 59.7 Å². The number of benzene rings is 2. The third-order valence-corrected chi connectivity index (χ3v) is 4.51. The van der Waals surface area contributed by atoms with Gasteiger partial charge in [-0.2, -0.15) is 0 Å². The summed E-state index contributed by atoms with van der Waals surface area (Å²) in [5.41, 5.74) is 2.46. The zero-order valence-corrected chi connectivity index (χ0v) is 14.5. The van der Waals surface area contributed by atoms with E-state index in [1.54, 1.807) is 18.2 Å². The third-order valence-electron chi connectivity index (χ3n) is 3.33. The summed E-state index contributed by atoms with van der Waals surface area (Å²) < 4.78 is 5.62. The van der Waals surface area contributed by atoms with Gasteiger partial charge in [0.15, 0.2) is 10.2 Å². The Morgan fingerprint density at radius 2 is 2.04 bits per heavy atom. The number of rotatable bonds is 4. The number of carbonyl (C=O) groups excluding carboxylic acids is 1. The zero-order chi connectivity index (χ0) is 16.9. The Hall–Kier alpha value is -2.51. The second kappa shape index (κ2) is 7.37. The number of nitrogens with one attached hydrogen (secondary N) is 2. The Labute approximate surface area is 148 Å². The molecule has 0 bridgehead atoms. The summed E-state index contributed by atoms with van der Waals surface area (Å²) in [5, 5.41) is 7.40. The molecule has 0 spiro atoms. The van der Waals surface area contributed by atoms with E-state index in [9.17, 15) is 4.79 Å². The molecule has 0 saturated heterocycles. The lowest BCUT2D eigenvalue weighted by atomic mass is 10.2. The monoisotopic (exact) mass is 357 g/mol. The van der Waals surface area contributed by atoms with E-state index in [2.05, 4.69) is 15.6 Å². The van der Waals surface area contributed by atoms with Gasteiger partial charge in [-0.1, -0.05) is 41.7 Å². The molecule has 2 N–H and O–H groups in total. The number of hydrogen-bond acceptors (Lipinski definition) is 5. The Balaban J connectivity index is 1.66. The predicted octanol–water partition coefficient (Wildman–Crippen LogP) is 3.57. The van der Waals surface area contributed by atoms with Crippen LogP contribution in [0.1, 0.15) is 15.9 Å². The maximum atomic E-state index is 11.6. The smallest absolute Gasteiger partial charge is 0.337 e. The van der Waals surface area contributed by atoms with Gasteiger partial charge in [-0.25, -0.2) is 9.78 Å². The van der Waals surface area contributed by atoms with Crippen LogP contribution >= 0.6 is 23.6 Å². The number of hydrogen-bond donors (Lipinski definition) is 2. The average molecular weight is 357 g/mol. The standard InChI is InChI=1S/C17H15N3O2S2/c1-22-15(21)12-7-8-13-14(9-12)24-17(19-13)20-16(23)18-10-11-5-3-2-4-6-11/h2-9H,10H2,1H3,(H2,18,19,20,23). The van der Waals surface area contributed by atoms with Gasteiger partial charge in [0.2, 0.25) is 0 Å². The van der Waals surface area contributed by atoms with Crippen LogP contribution in [0.5, 0.6) is 0 Å². The van der Waals surface area contributed by atoms with Crippen molar-refractivity contribution in [1.29, 1.82) is 0 Å². The number of esters is 1. The van der Waals surface area contributed by atoms with E-state index < -0.39 is 0 Å². The fourth-order valence-corrected chi connectivity index (χ4v) is 3.29. The molecule has 3 rings (SSSR count). The van der Waals surface area contributed by atoms with Crippen LogP contribution in [0.4, 0.5) is 5.13 Å². The zero-order valence-electron chi connectivity index (χ0n) is 12.9. The van der Waals surface area contributed by atoms with Crippen LogP contribution in [-0.2, 0) is 11.3 Å². The van der Waals surface area contributed by atoms with Crippen LogP contribution in [0.25, 0.3) is 10.2 Å². The first-order valence-corrected chi connectivity index (χ1v) is 8.46. The molecule has 0 atom stereocenters. The Morgan fingerprint density at radius 3 is 2.79 bits per heavy atom. The summed E-state index contributed by atoms with van der Waals surface area (Å²) in [6.45, 7) is 0.643. The van der Waals surface area contributed by atoms with Crippen molar-refractivity contribution in [3.63, 3.8) is 0 Å². The first kappa shape index (κ1) is 16.4. The van der Waals surface area contributed by atoms with Gasteiger partial charge in [-0.3, -0.25) is 0 Å². The first-order chi connectivity index (χ1) is 11.7. The van der Waals surface area contributed by atoms with E-state index in [1.165, 1.54) is 18.4 Å². The van der Waals surface area contributed by atoms with Crippen molar-refractivity contribution in [2.45, 2.75) is 6.54 Å². The number of carbonyl (C=O) groups is 1. The molecule has 5 nitrogen and oxygen atoms in total. The highest BCUT2D eigenvalue weighted by Crippen LogP contribution is 2.27. The highest BCUT2D eigenvalue weighted by Gasteiger charge is 2.10. The molecule has 7 heteroatoms. The second-order valence-electron chi connectivity index (χ2n) is 4.99. The number of anilines is 1. The quantitative estimate of drug-likeness (QED) is 0.550. The number of methoxy groups -OCH3 is 1. The van der Waals surface area contributed by atoms with Crippen LogP contribution in [0.3, 0.4) is 0 Å². The molecule has 122 valence electrons. The molecular weight excluding hydrogens is 342 g/mol. The first-order valence-electron chi connectivity index (χ1n) is 7.23. The van der Waals surface area contributed by atoms with Crippen LogP contribution in [-0.4, -0.2) is 23.2 Å². The van der Waals surface area contributed by atoms with Gasteiger partial charge in [-0.15, -0.1) is 0 Å². The number of aromatic nitrogens is 1. The summed E-state index contributed by atoms with van der Waals surface area (Å²) in [5.74, 6) is -0.361. The maximum Gasteiger partial charge on any atom is 0.337 e. The third kappa shape index (κ3) is 3.87. The number of thiocarbonyl (C=S) groups is 1. The van der Waals surface area contributed by atoms with Gasteiger partial charge in [0.1, 0.15) is 0 Å². The summed E-state index contributed by atoms with van der Waals surface area (Å²) in [7, 11) is 1.36. The molecule has 24 heavy (non-hydrogen) atoms. The molecule has 0 radical (unpaired) electrons. The van der Waals surface area contributed by atoms with Crippen molar-refractivity contribution >= 4 is 50.0 Å². The highest BCUT2D eigenvalue weighted by molar-refractivity contribution is 7.80. The van der Waals surface area contributed by atoms with Crippen LogP contribution in [0.15, 0.2) is 48.5 Å². The molecule has 0 aliphatic heterocycles. The minimum absolute atomic E-state index is 0.361. The number of thiazole rings is 1. The van der Waals surface area contributed by atoms with Gasteiger partial charge >= 0.3 is 5.97 Å². The number of ether oxygens (including phenoxy) is 1. The maximum absolute atomic E-state index is 11.6. The van der Waals surface area contributed by atoms with Crippen molar-refractivity contribution in [2.75, 3.05) is 12.4 Å². The molecular formula is C17H15N3O2S2. The van der Waals surface area contributed by atoms with Crippen LogP contribution in [0, 0.1) is 0 Å². The van der Waals surface area contributed by atoms with Gasteiger partial charge < -0.3 is 15.4 Å². The highest BCUT2D eigenvalue weighted by atomic mass is 32.1. The van der Waals surface area contributed by atoms with E-state index in [0.717, 1.165) is 15.8 Å². The molecule has 1 heterocycles. The topological polar surface area (TPSA) is 63.2 Å². The minimum Gasteiger partial charge on any atom is -0.465 e. The van der Waals surface area contributed by atoms with E-state index in [4.69, 9.17) is 17.0 Å². The molecule has 0 fully saturated rings. The summed E-state index contributed by atoms with van der Waals surface area (Å²) in [4.78, 5) is 16.0. The SMILES string of the molecule is COC(=O)c1ccc2nc(NC(=S)NCc3ccccc3)sc2c1. The predicted molar refractivity (Wildman–Crippen MR) is 100 cm³/mol. The Bertz CT molecular complexity index is 878. The van der Waals surface area contributed by atoms with Crippen LogP contribution in [0.2, 0.25) is 0 Å². The number of nitrogens with zero attached hydrogens (tertiary/aromatic N) is 1. The van der Waals surface area contributed by atoms with Crippen molar-refractivity contribution < 1.29 is 9.53 Å². The average Bonchev–Trinajstić information content (AvgIpc) is 3.01. The largest absolute Gasteiger partial charge is 0.465 e. The van der Waals surface area contributed by atoms with E-state index in [1.807, 2.05) is 30.3 Å². The molecule has 0 unspecified atom stereocenters. The molecule has 3 aromatic rings. The molecule has 2 aromatic carbocycles. The molecule has 0 aliphatic carbocycles. The van der Waals surface area contributed by atoms with E-state index in [-0.39, 0.29) is 5.97 Å². The molecule has 0 aliphatic rings. The summed E-state index contributed by atoms with van der Waals surface area (Å²) in [6.07, 6.45) is 0. The fraction of sp³-hybridized carbons (Fsp3) is 0.118. The summed E-state index contributed by atoms with van der Waals surface area (Å²) in [6, 6.07) is 15.3.